The molecule has 2 N–H and O–H groups in total. The zero-order valence-electron chi connectivity index (χ0n) is 11.9. The van der Waals surface area contributed by atoms with Crippen LogP contribution in [0, 0.1) is 0 Å². The number of hydrogen-bond donors (Lipinski definition) is 1. The van der Waals surface area contributed by atoms with E-state index >= 15 is 0 Å². The molecule has 0 spiro atoms. The maximum atomic E-state index is 12.3. The third-order valence-corrected chi connectivity index (χ3v) is 8.17. The monoisotopic (exact) mass is 331 g/mol. The van der Waals surface area contributed by atoms with E-state index < -0.39 is 19.7 Å². The minimum atomic E-state index is -3.59. The van der Waals surface area contributed by atoms with Gasteiger partial charge in [-0.05, 0) is 30.5 Å². The predicted octanol–water partition coefficient (Wildman–Crippen LogP) is 1.28. The largest absolute Gasteiger partial charge is 0.326 e. The zero-order chi connectivity index (χ0) is 15.5. The highest BCUT2D eigenvalue weighted by Crippen LogP contribution is 2.25. The number of benzene rings is 1. The normalized spacial score (nSPS) is 17.2. The lowest BCUT2D eigenvalue weighted by atomic mass is 10.2. The van der Waals surface area contributed by atoms with Crippen molar-refractivity contribution in [2.45, 2.75) is 42.4 Å². The van der Waals surface area contributed by atoms with Crippen molar-refractivity contribution in [1.82, 2.24) is 0 Å². The van der Waals surface area contributed by atoms with Gasteiger partial charge in [-0.25, -0.2) is 16.8 Å². The number of rotatable bonds is 6. The van der Waals surface area contributed by atoms with E-state index in [2.05, 4.69) is 0 Å². The summed E-state index contributed by atoms with van der Waals surface area (Å²) in [5.74, 6) is -0.660. The molecule has 1 aliphatic carbocycles. The summed E-state index contributed by atoms with van der Waals surface area (Å²) in [6.45, 7) is 0.254. The van der Waals surface area contributed by atoms with Crippen LogP contribution in [-0.4, -0.2) is 33.6 Å². The van der Waals surface area contributed by atoms with Gasteiger partial charge < -0.3 is 5.73 Å². The van der Waals surface area contributed by atoms with Crippen LogP contribution in [0.15, 0.2) is 29.2 Å². The van der Waals surface area contributed by atoms with Gasteiger partial charge >= 0.3 is 0 Å². The van der Waals surface area contributed by atoms with Crippen LogP contribution in [0.5, 0.6) is 0 Å². The molecule has 1 aromatic carbocycles. The molecular weight excluding hydrogens is 310 g/mol. The Morgan fingerprint density at radius 1 is 1.05 bits per heavy atom. The van der Waals surface area contributed by atoms with Crippen LogP contribution < -0.4 is 5.73 Å². The molecular formula is C14H21NO4S2. The molecule has 0 aromatic heterocycles. The van der Waals surface area contributed by atoms with Gasteiger partial charge in [-0.2, -0.15) is 0 Å². The molecule has 0 radical (unpaired) electrons. The molecule has 5 nitrogen and oxygen atoms in total. The van der Waals surface area contributed by atoms with Crippen molar-refractivity contribution in [3.05, 3.63) is 29.8 Å². The van der Waals surface area contributed by atoms with Gasteiger partial charge in [0.25, 0.3) is 0 Å². The molecule has 118 valence electrons. The van der Waals surface area contributed by atoms with Crippen LogP contribution in [0.25, 0.3) is 0 Å². The summed E-state index contributed by atoms with van der Waals surface area (Å²) in [5, 5.41) is -0.358. The SMILES string of the molecule is NCc1cccc(S(=O)(=O)CCS(=O)(=O)C2CCCC2)c1. The second-order valence-corrected chi connectivity index (χ2v) is 9.95. The van der Waals surface area contributed by atoms with Crippen LogP contribution in [0.1, 0.15) is 31.2 Å². The number of nitrogens with two attached hydrogens (primary N) is 1. The summed E-state index contributed by atoms with van der Waals surface area (Å²) in [5.41, 5.74) is 6.21. The lowest BCUT2D eigenvalue weighted by Gasteiger charge is -2.11. The molecule has 2 rings (SSSR count). The minimum absolute atomic E-state index is 0.145. The van der Waals surface area contributed by atoms with Crippen molar-refractivity contribution in [3.63, 3.8) is 0 Å². The molecule has 1 saturated carbocycles. The summed E-state index contributed by atoms with van der Waals surface area (Å²) in [7, 11) is -6.91. The Kier molecular flexibility index (Phi) is 5.06. The molecule has 0 saturated heterocycles. The van der Waals surface area contributed by atoms with Crippen molar-refractivity contribution in [1.29, 1.82) is 0 Å². The second-order valence-electron chi connectivity index (χ2n) is 5.44. The summed E-state index contributed by atoms with van der Waals surface area (Å²) < 4.78 is 48.8. The second kappa shape index (κ2) is 6.46. The summed E-state index contributed by atoms with van der Waals surface area (Å²) >= 11 is 0. The van der Waals surface area contributed by atoms with Gasteiger partial charge in [0.2, 0.25) is 0 Å². The fourth-order valence-electron chi connectivity index (χ4n) is 2.62. The van der Waals surface area contributed by atoms with E-state index in [1.165, 1.54) is 12.1 Å². The van der Waals surface area contributed by atoms with E-state index in [9.17, 15) is 16.8 Å². The van der Waals surface area contributed by atoms with Gasteiger partial charge in [0, 0.05) is 6.54 Å². The fourth-order valence-corrected chi connectivity index (χ4v) is 6.67. The van der Waals surface area contributed by atoms with E-state index in [1.807, 2.05) is 0 Å². The molecule has 0 amide bonds. The molecule has 0 bridgehead atoms. The Morgan fingerprint density at radius 3 is 2.33 bits per heavy atom. The summed E-state index contributed by atoms with van der Waals surface area (Å²) in [6.07, 6.45) is 3.14. The van der Waals surface area contributed by atoms with Crippen LogP contribution >= 0.6 is 0 Å². The summed E-state index contributed by atoms with van der Waals surface area (Å²) in [4.78, 5) is 0.145. The summed E-state index contributed by atoms with van der Waals surface area (Å²) in [6, 6.07) is 6.36. The minimum Gasteiger partial charge on any atom is -0.326 e. The topological polar surface area (TPSA) is 94.3 Å². The van der Waals surface area contributed by atoms with Gasteiger partial charge in [0.15, 0.2) is 19.7 Å². The van der Waals surface area contributed by atoms with Gasteiger partial charge in [-0.15, -0.1) is 0 Å². The van der Waals surface area contributed by atoms with Crippen molar-refractivity contribution < 1.29 is 16.8 Å². The van der Waals surface area contributed by atoms with E-state index in [-0.39, 0.29) is 28.2 Å². The van der Waals surface area contributed by atoms with Crippen molar-refractivity contribution >= 4 is 19.7 Å². The van der Waals surface area contributed by atoms with Crippen LogP contribution in [0.3, 0.4) is 0 Å². The van der Waals surface area contributed by atoms with Crippen molar-refractivity contribution in [2.75, 3.05) is 11.5 Å². The number of hydrogen-bond acceptors (Lipinski definition) is 5. The third-order valence-electron chi connectivity index (χ3n) is 3.94. The average Bonchev–Trinajstić information content (AvgIpc) is 3.01. The highest BCUT2D eigenvalue weighted by molar-refractivity contribution is 7.95. The first-order valence-corrected chi connectivity index (χ1v) is 10.5. The van der Waals surface area contributed by atoms with Gasteiger partial charge in [-0.3, -0.25) is 0 Å². The maximum absolute atomic E-state index is 12.3. The smallest absolute Gasteiger partial charge is 0.179 e. The van der Waals surface area contributed by atoms with E-state index in [4.69, 9.17) is 5.73 Å². The Morgan fingerprint density at radius 2 is 1.71 bits per heavy atom. The van der Waals surface area contributed by atoms with Crippen LogP contribution in [-0.2, 0) is 26.2 Å². The van der Waals surface area contributed by atoms with E-state index in [0.29, 0.717) is 12.8 Å². The van der Waals surface area contributed by atoms with Crippen molar-refractivity contribution in [3.8, 4) is 0 Å². The first-order chi connectivity index (χ1) is 9.85. The Hall–Kier alpha value is -0.920. The highest BCUT2D eigenvalue weighted by Gasteiger charge is 2.30. The first-order valence-electron chi connectivity index (χ1n) is 7.08. The molecule has 1 fully saturated rings. The first kappa shape index (κ1) is 16.5. The lowest BCUT2D eigenvalue weighted by Crippen LogP contribution is -2.25. The molecule has 7 heteroatoms. The molecule has 0 unspecified atom stereocenters. The molecule has 1 aromatic rings. The Labute approximate surface area is 126 Å². The lowest BCUT2D eigenvalue weighted by molar-refractivity contribution is 0.576. The molecule has 0 heterocycles. The number of sulfone groups is 2. The van der Waals surface area contributed by atoms with E-state index in [1.54, 1.807) is 12.1 Å². The van der Waals surface area contributed by atoms with Crippen LogP contribution in [0.4, 0.5) is 0 Å². The van der Waals surface area contributed by atoms with Gasteiger partial charge in [0.05, 0.1) is 21.7 Å². The van der Waals surface area contributed by atoms with Gasteiger partial charge in [-0.1, -0.05) is 25.0 Å². The Bertz CT molecular complexity index is 689. The van der Waals surface area contributed by atoms with Gasteiger partial charge in [0.1, 0.15) is 0 Å². The zero-order valence-corrected chi connectivity index (χ0v) is 13.5. The third kappa shape index (κ3) is 4.05. The average molecular weight is 331 g/mol. The highest BCUT2D eigenvalue weighted by atomic mass is 32.2. The maximum Gasteiger partial charge on any atom is 0.179 e. The standard InChI is InChI=1S/C14H21NO4S2/c15-11-12-4-3-7-14(10-12)21(18,19)9-8-20(16,17)13-5-1-2-6-13/h3-4,7,10,13H,1-2,5-6,8-9,11,15H2. The van der Waals surface area contributed by atoms with Crippen molar-refractivity contribution in [2.24, 2.45) is 5.73 Å². The fraction of sp³-hybridized carbons (Fsp3) is 0.571. The molecule has 1 aliphatic rings. The molecule has 0 atom stereocenters. The Balaban J connectivity index is 2.10. The van der Waals surface area contributed by atoms with Crippen LogP contribution in [0.2, 0.25) is 0 Å². The molecule has 0 aliphatic heterocycles. The quantitative estimate of drug-likeness (QED) is 0.847. The molecule has 21 heavy (non-hydrogen) atoms. The predicted molar refractivity (Wildman–Crippen MR) is 82.4 cm³/mol. The van der Waals surface area contributed by atoms with E-state index in [0.717, 1.165) is 18.4 Å².